The van der Waals surface area contributed by atoms with E-state index in [2.05, 4.69) is 10.00 Å². The van der Waals surface area contributed by atoms with Gasteiger partial charge in [-0.2, -0.15) is 5.10 Å². The Morgan fingerprint density at radius 2 is 2.08 bits per heavy atom. The van der Waals surface area contributed by atoms with Gasteiger partial charge in [-0.3, -0.25) is 19.2 Å². The van der Waals surface area contributed by atoms with Crippen LogP contribution >= 0.6 is 0 Å². The van der Waals surface area contributed by atoms with Crippen molar-refractivity contribution in [3.8, 4) is 0 Å². The van der Waals surface area contributed by atoms with Gasteiger partial charge in [0.25, 0.3) is 0 Å². The van der Waals surface area contributed by atoms with Crippen LogP contribution in [0.3, 0.4) is 0 Å². The molecule has 3 fully saturated rings. The number of amides is 2. The third-order valence-corrected chi connectivity index (χ3v) is 6.04. The highest BCUT2D eigenvalue weighted by Gasteiger charge is 2.50. The maximum atomic E-state index is 12.6. The quantitative estimate of drug-likeness (QED) is 0.776. The normalized spacial score (nSPS) is 33.2. The molecule has 0 radical (unpaired) electrons. The molecule has 8 nitrogen and oxygen atoms in total. The minimum Gasteiger partial charge on any atom is -0.393 e. The molecule has 1 atom stereocenters. The van der Waals surface area contributed by atoms with Crippen LogP contribution in [-0.2, 0) is 16.6 Å². The Hall–Kier alpha value is -1.93. The topological polar surface area (TPSA) is 81.9 Å². The molecule has 1 aromatic rings. The highest BCUT2D eigenvalue weighted by Crippen LogP contribution is 2.36. The van der Waals surface area contributed by atoms with Gasteiger partial charge >= 0.3 is 0 Å². The van der Waals surface area contributed by atoms with Crippen LogP contribution in [0.1, 0.15) is 19.3 Å². The van der Waals surface area contributed by atoms with Gasteiger partial charge in [0.05, 0.1) is 30.1 Å². The Morgan fingerprint density at radius 1 is 1.32 bits per heavy atom. The minimum absolute atomic E-state index is 0.0323. The van der Waals surface area contributed by atoms with E-state index >= 15 is 0 Å². The number of aromatic nitrogens is 2. The van der Waals surface area contributed by atoms with E-state index in [-0.39, 0.29) is 29.4 Å². The van der Waals surface area contributed by atoms with Gasteiger partial charge in [0.1, 0.15) is 0 Å². The third kappa shape index (κ3) is 2.73. The van der Waals surface area contributed by atoms with Crippen molar-refractivity contribution in [2.45, 2.75) is 30.9 Å². The summed E-state index contributed by atoms with van der Waals surface area (Å²) >= 11 is 0. The Bertz CT molecular complexity index is 698. The average Bonchev–Trinajstić information content (AvgIpc) is 3.15. The molecular formula is C17H25N5O3. The number of hydrogen-bond donors (Lipinski definition) is 1. The summed E-state index contributed by atoms with van der Waals surface area (Å²) in [4.78, 5) is 31.0. The van der Waals surface area contributed by atoms with Gasteiger partial charge in [0.2, 0.25) is 11.8 Å². The Labute approximate surface area is 147 Å². The molecule has 8 heteroatoms. The van der Waals surface area contributed by atoms with Crippen LogP contribution in [0.15, 0.2) is 12.4 Å². The molecule has 2 saturated heterocycles. The summed E-state index contributed by atoms with van der Waals surface area (Å²) in [6.45, 7) is 2.27. The molecule has 2 amide bonds. The first-order chi connectivity index (χ1) is 11.9. The van der Waals surface area contributed by atoms with Crippen molar-refractivity contribution in [1.29, 1.82) is 0 Å². The standard InChI is InChI=1S/C17H25N5O3/c1-19-9-15(24)22(13-7-18-20(2)8-13)11-17(19)3-4-21(10-17)16(25)12-5-14(23)6-12/h7-8,12,14,23H,3-6,9-11H2,1-2H3. The molecule has 136 valence electrons. The van der Waals surface area contributed by atoms with Crippen LogP contribution in [-0.4, -0.2) is 81.4 Å². The van der Waals surface area contributed by atoms with Crippen LogP contribution in [0.25, 0.3) is 0 Å². The molecule has 1 spiro atoms. The van der Waals surface area contributed by atoms with E-state index in [1.165, 1.54) is 0 Å². The Kier molecular flexibility index (Phi) is 3.84. The molecule has 25 heavy (non-hydrogen) atoms. The average molecular weight is 347 g/mol. The fourth-order valence-electron chi connectivity index (χ4n) is 4.27. The van der Waals surface area contributed by atoms with E-state index in [0.29, 0.717) is 39.0 Å². The lowest BCUT2D eigenvalue weighted by Gasteiger charge is -2.46. The first kappa shape index (κ1) is 16.5. The second-order valence-electron chi connectivity index (χ2n) is 7.76. The van der Waals surface area contributed by atoms with Gasteiger partial charge in [0.15, 0.2) is 0 Å². The molecular weight excluding hydrogens is 322 g/mol. The van der Waals surface area contributed by atoms with Crippen molar-refractivity contribution < 1.29 is 14.7 Å². The molecule has 2 aliphatic heterocycles. The van der Waals surface area contributed by atoms with Crippen molar-refractivity contribution in [2.24, 2.45) is 13.0 Å². The van der Waals surface area contributed by atoms with Crippen molar-refractivity contribution in [3.05, 3.63) is 12.4 Å². The van der Waals surface area contributed by atoms with Gasteiger partial charge in [-0.15, -0.1) is 0 Å². The molecule has 1 saturated carbocycles. The number of carbonyl (C=O) groups excluding carboxylic acids is 2. The van der Waals surface area contributed by atoms with Gasteiger partial charge in [-0.1, -0.05) is 0 Å². The molecule has 0 aromatic carbocycles. The Balaban J connectivity index is 1.50. The molecule has 1 N–H and O–H groups in total. The third-order valence-electron chi connectivity index (χ3n) is 6.04. The summed E-state index contributed by atoms with van der Waals surface area (Å²) in [6.07, 6.45) is 5.27. The van der Waals surface area contributed by atoms with E-state index in [9.17, 15) is 14.7 Å². The van der Waals surface area contributed by atoms with Crippen LogP contribution in [0.2, 0.25) is 0 Å². The van der Waals surface area contributed by atoms with Gasteiger partial charge in [-0.25, -0.2) is 0 Å². The van der Waals surface area contributed by atoms with Crippen LogP contribution < -0.4 is 4.90 Å². The number of anilines is 1. The van der Waals surface area contributed by atoms with Crippen molar-refractivity contribution in [3.63, 3.8) is 0 Å². The summed E-state index contributed by atoms with van der Waals surface area (Å²) in [7, 11) is 3.81. The predicted octanol–water partition coefficient (Wildman–Crippen LogP) is -0.559. The zero-order valence-electron chi connectivity index (χ0n) is 14.8. The number of aryl methyl sites for hydroxylation is 1. The monoisotopic (exact) mass is 347 g/mol. The first-order valence-corrected chi connectivity index (χ1v) is 8.85. The lowest BCUT2D eigenvalue weighted by atomic mass is 9.81. The fourth-order valence-corrected chi connectivity index (χ4v) is 4.27. The summed E-state index contributed by atoms with van der Waals surface area (Å²) in [5.74, 6) is 0.184. The summed E-state index contributed by atoms with van der Waals surface area (Å²) in [5.41, 5.74) is 0.605. The van der Waals surface area contributed by atoms with Gasteiger partial charge < -0.3 is 14.9 Å². The summed E-state index contributed by atoms with van der Waals surface area (Å²) < 4.78 is 1.69. The smallest absolute Gasteiger partial charge is 0.241 e. The second-order valence-corrected chi connectivity index (χ2v) is 7.76. The zero-order chi connectivity index (χ0) is 17.8. The van der Waals surface area contributed by atoms with E-state index in [1.54, 1.807) is 15.8 Å². The molecule has 0 bridgehead atoms. The number of likely N-dealkylation sites (tertiary alicyclic amines) is 1. The highest BCUT2D eigenvalue weighted by molar-refractivity contribution is 5.95. The van der Waals surface area contributed by atoms with Crippen molar-refractivity contribution in [1.82, 2.24) is 19.6 Å². The summed E-state index contributed by atoms with van der Waals surface area (Å²) in [5, 5.41) is 13.6. The Morgan fingerprint density at radius 3 is 2.72 bits per heavy atom. The SMILES string of the molecule is CN1CC(=O)N(c2cnn(C)c2)CC12CCN(C(=O)C1CC(O)C1)C2. The zero-order valence-corrected chi connectivity index (χ0v) is 14.8. The number of carbonyl (C=O) groups is 2. The number of aliphatic hydroxyl groups is 1. The minimum atomic E-state index is -0.318. The number of likely N-dealkylation sites (N-methyl/N-ethyl adjacent to an activating group) is 1. The van der Waals surface area contributed by atoms with Crippen LogP contribution in [0.5, 0.6) is 0 Å². The van der Waals surface area contributed by atoms with E-state index < -0.39 is 0 Å². The number of aliphatic hydroxyl groups excluding tert-OH is 1. The second kappa shape index (κ2) is 5.81. The molecule has 1 aromatic heterocycles. The van der Waals surface area contributed by atoms with E-state index in [4.69, 9.17) is 0 Å². The van der Waals surface area contributed by atoms with Crippen LogP contribution in [0, 0.1) is 5.92 Å². The molecule has 1 unspecified atom stereocenters. The maximum absolute atomic E-state index is 12.6. The van der Waals surface area contributed by atoms with E-state index in [1.807, 2.05) is 25.2 Å². The molecule has 4 rings (SSSR count). The number of rotatable bonds is 2. The number of piperazine rings is 1. The van der Waals surface area contributed by atoms with Crippen LogP contribution in [0.4, 0.5) is 5.69 Å². The molecule has 3 aliphatic rings. The first-order valence-electron chi connectivity index (χ1n) is 8.85. The highest BCUT2D eigenvalue weighted by atomic mass is 16.3. The lowest BCUT2D eigenvalue weighted by Crippen LogP contribution is -2.64. The number of hydrogen-bond acceptors (Lipinski definition) is 5. The largest absolute Gasteiger partial charge is 0.393 e. The summed E-state index contributed by atoms with van der Waals surface area (Å²) in [6, 6.07) is 0. The number of nitrogens with zero attached hydrogens (tertiary/aromatic N) is 5. The van der Waals surface area contributed by atoms with Crippen molar-refractivity contribution in [2.75, 3.05) is 38.1 Å². The van der Waals surface area contributed by atoms with Gasteiger partial charge in [0, 0.05) is 38.8 Å². The van der Waals surface area contributed by atoms with Gasteiger partial charge in [-0.05, 0) is 26.3 Å². The predicted molar refractivity (Wildman–Crippen MR) is 90.8 cm³/mol. The lowest BCUT2D eigenvalue weighted by molar-refractivity contribution is -0.141. The van der Waals surface area contributed by atoms with Crippen molar-refractivity contribution >= 4 is 17.5 Å². The fraction of sp³-hybridized carbons (Fsp3) is 0.706. The maximum Gasteiger partial charge on any atom is 0.241 e. The molecule has 1 aliphatic carbocycles. The molecule has 3 heterocycles. The van der Waals surface area contributed by atoms with E-state index in [0.717, 1.165) is 12.1 Å².